The van der Waals surface area contributed by atoms with E-state index in [1.165, 1.54) is 58.7 Å². The van der Waals surface area contributed by atoms with Crippen LogP contribution < -0.4 is 20.7 Å². The minimum Gasteiger partial charge on any atom is -0.479 e. The summed E-state index contributed by atoms with van der Waals surface area (Å²) >= 11 is 1.35. The number of anilines is 2. The molecule has 6 amide bonds. The van der Waals surface area contributed by atoms with Crippen molar-refractivity contribution in [3.8, 4) is 16.9 Å². The van der Waals surface area contributed by atoms with Crippen LogP contribution in [0.25, 0.3) is 33.0 Å². The molecule has 12 rings (SSSR count). The third-order valence-corrected chi connectivity index (χ3v) is 22.0. The maximum Gasteiger partial charge on any atom is 0.410 e. The highest BCUT2D eigenvalue weighted by Gasteiger charge is 2.65. The second kappa shape index (κ2) is 32.5. The summed E-state index contributed by atoms with van der Waals surface area (Å²) < 4.78 is 53.9. The number of hydrogen-bond acceptors (Lipinski definition) is 20. The van der Waals surface area contributed by atoms with Gasteiger partial charge in [-0.25, -0.2) is 24.4 Å². The number of aromatic nitrogens is 4. The fourth-order valence-corrected chi connectivity index (χ4v) is 18.2. The number of aromatic carboxylic acids is 1. The van der Waals surface area contributed by atoms with Crippen molar-refractivity contribution in [1.29, 1.82) is 0 Å². The van der Waals surface area contributed by atoms with Crippen LogP contribution in [0.3, 0.4) is 0 Å². The summed E-state index contributed by atoms with van der Waals surface area (Å²) in [4.78, 5) is 114. The molecule has 562 valence electrons. The van der Waals surface area contributed by atoms with Gasteiger partial charge in [0.2, 0.25) is 18.1 Å². The van der Waals surface area contributed by atoms with Crippen LogP contribution in [0.15, 0.2) is 133 Å². The van der Waals surface area contributed by atoms with Crippen molar-refractivity contribution in [2.24, 2.45) is 21.7 Å². The lowest BCUT2D eigenvalue weighted by Crippen LogP contribution is -2.61. The molecule has 5 heterocycles. The van der Waals surface area contributed by atoms with E-state index in [4.69, 9.17) is 24.3 Å². The maximum atomic E-state index is 13.9. The molecule has 0 spiro atoms. The monoisotopic (exact) mass is 1490 g/mol. The number of benzene rings is 2. The standard InChI is InChI=1S/C76H87N9O19S2/c1-46-36-49(17-8-5-6-9-18-50(46)67(93)82-71-81-54-19-11-12-20-57(54)105-71)53-24-23-51(62(80-53)68(94)95)52-38-78-85(47(52)2)45-76-42-73(3)39-74(4,43-76)41-75(40-73,44-76)29-15-31-83(33-35-106(99,100)101)72(98)102-34-14-16-48-22-25-56(103-70-65(92)63(90)64(91)66(104-70)69(96)97)55(37-48)79-59(87)28-30-77-58(86)21-10-7-13-32-84-60(88)26-27-61(84)89/h6,8-9,11-12,14,16-20,22-27,36-38,63-66,70,90-92H,1,5,7,10,13,15,21,28-35,39-45H2,2-4H3,(H,77,86)(H,79,87)(H,94,95)(H,96,97)(H,81,82,93)(H,99,100,101)/b9-6-,16-14+,17-8-,49-36+,50-18?/t63-,64-,65+,66-,70+,73?,74?,75?,76?/m0/s1. The molecule has 7 atom stereocenters. The number of thiazole rings is 1. The Kier molecular flexibility index (Phi) is 23.7. The number of nitrogens with zero attached hydrogens (tertiary/aromatic N) is 6. The van der Waals surface area contributed by atoms with Gasteiger partial charge in [-0.05, 0) is 165 Å². The van der Waals surface area contributed by atoms with E-state index in [9.17, 15) is 76.9 Å². The highest BCUT2D eigenvalue weighted by molar-refractivity contribution is 7.85. The SMILES string of the molecule is C=C1/C=C(c2ccc(-c3cnn(CC45CC6(C)CC(C)(CC(CCCN(CCS(=O)(=O)O)C(=O)OC/C=C/c7ccc(O[C@@H]8O[C@H](C(=O)O)[C@@H](O)[C@H](O)[C@H]8O)c(NC(=O)CCNC(=O)CCCCCN8C(=O)C=CC8=O)c7)(C6)C4)C5)c3C)c(C(=O)O)n2)\C=C/C/C=C\C=C1C(=O)Nc1nc2ccccc2s1. The molecule has 4 saturated carbocycles. The van der Waals surface area contributed by atoms with Gasteiger partial charge in [-0.1, -0.05) is 86.8 Å². The third-order valence-electron chi connectivity index (χ3n) is 20.3. The number of aliphatic carboxylic acids is 1. The van der Waals surface area contributed by atoms with E-state index in [1.807, 2.05) is 54.1 Å². The van der Waals surface area contributed by atoms with Gasteiger partial charge in [0.05, 0.1) is 33.5 Å². The number of nitrogens with one attached hydrogen (secondary N) is 3. The number of pyridine rings is 1. The summed E-state index contributed by atoms with van der Waals surface area (Å²) in [5, 5.41) is 65.6. The number of aliphatic hydroxyl groups excluding tert-OH is 3. The van der Waals surface area contributed by atoms with Crippen molar-refractivity contribution >= 4 is 102 Å². The summed E-state index contributed by atoms with van der Waals surface area (Å²) in [5.74, 6) is -5.97. The maximum absolute atomic E-state index is 13.9. The zero-order chi connectivity index (χ0) is 75.9. The van der Waals surface area contributed by atoms with E-state index in [-0.39, 0.29) is 108 Å². The molecule has 4 bridgehead atoms. The molecule has 0 radical (unpaired) electrons. The molecule has 3 aromatic heterocycles. The molecule has 5 aliphatic carbocycles. The number of unbranched alkanes of at least 4 members (excludes halogenated alkanes) is 2. The molecule has 9 N–H and O–H groups in total. The van der Waals surface area contributed by atoms with Gasteiger partial charge in [-0.15, -0.1) is 0 Å². The Morgan fingerprint density at radius 1 is 0.821 bits per heavy atom. The van der Waals surface area contributed by atoms with Crippen molar-refractivity contribution in [3.05, 3.63) is 156 Å². The number of allylic oxidation sites excluding steroid dienone is 7. The summed E-state index contributed by atoms with van der Waals surface area (Å²) in [6, 6.07) is 15.3. The first-order chi connectivity index (χ1) is 50.4. The molecule has 1 saturated heterocycles. The molecule has 106 heavy (non-hydrogen) atoms. The number of aliphatic hydroxyl groups is 3. The smallest absolute Gasteiger partial charge is 0.410 e. The third kappa shape index (κ3) is 18.7. The average molecular weight is 1490 g/mol. The van der Waals surface area contributed by atoms with E-state index >= 15 is 0 Å². The van der Waals surface area contributed by atoms with E-state index < -0.39 is 76.4 Å². The first-order valence-corrected chi connectivity index (χ1v) is 37.6. The van der Waals surface area contributed by atoms with Gasteiger partial charge in [0.15, 0.2) is 16.9 Å². The number of fused-ring (bicyclic) bond motifs is 1. The lowest BCUT2D eigenvalue weighted by molar-refractivity contribution is -0.271. The molecular weight excluding hydrogens is 1410 g/mol. The lowest BCUT2D eigenvalue weighted by Gasteiger charge is -2.70. The van der Waals surface area contributed by atoms with Crippen molar-refractivity contribution in [1.82, 2.24) is 34.9 Å². The van der Waals surface area contributed by atoms with Gasteiger partial charge in [0.1, 0.15) is 30.7 Å². The van der Waals surface area contributed by atoms with E-state index in [0.717, 1.165) is 59.3 Å². The van der Waals surface area contributed by atoms with Crippen molar-refractivity contribution in [3.63, 3.8) is 0 Å². The Morgan fingerprint density at radius 2 is 1.57 bits per heavy atom. The van der Waals surface area contributed by atoms with Gasteiger partial charge in [0, 0.05) is 85.7 Å². The van der Waals surface area contributed by atoms with Crippen LogP contribution in [-0.2, 0) is 54.9 Å². The predicted molar refractivity (Wildman–Crippen MR) is 392 cm³/mol. The van der Waals surface area contributed by atoms with Gasteiger partial charge in [-0.3, -0.25) is 43.4 Å². The minimum absolute atomic E-state index is 0.0365. The molecule has 7 aliphatic rings. The summed E-state index contributed by atoms with van der Waals surface area (Å²) in [6.45, 7) is 11.0. The highest BCUT2D eigenvalue weighted by Crippen LogP contribution is 2.75. The number of para-hydroxylation sites is 1. The van der Waals surface area contributed by atoms with Crippen LogP contribution >= 0.6 is 11.3 Å². The molecule has 2 aromatic carbocycles. The number of carbonyl (C=O) groups is 8. The molecule has 30 heteroatoms. The van der Waals surface area contributed by atoms with Gasteiger partial charge >= 0.3 is 18.0 Å². The molecular formula is C76H87N9O19S2. The summed E-state index contributed by atoms with van der Waals surface area (Å²) in [6.07, 6.45) is 15.9. The van der Waals surface area contributed by atoms with Gasteiger partial charge in [-0.2, -0.15) is 13.5 Å². The second-order valence-corrected chi connectivity index (χ2v) is 31.8. The largest absolute Gasteiger partial charge is 0.479 e. The fourth-order valence-electron chi connectivity index (χ4n) is 16.9. The number of ether oxygens (including phenoxy) is 3. The van der Waals surface area contributed by atoms with Gasteiger partial charge in [0.25, 0.3) is 27.8 Å². The first-order valence-electron chi connectivity index (χ1n) is 35.1. The van der Waals surface area contributed by atoms with E-state index in [0.29, 0.717) is 83.7 Å². The topological polar surface area (TPSA) is 406 Å². The Balaban J connectivity index is 0.729. The van der Waals surface area contributed by atoms with Crippen LogP contribution in [0.5, 0.6) is 5.75 Å². The second-order valence-electron chi connectivity index (χ2n) is 29.2. The van der Waals surface area contributed by atoms with Crippen molar-refractivity contribution < 1.29 is 91.1 Å². The number of imide groups is 1. The normalized spacial score (nSPS) is 25.9. The lowest BCUT2D eigenvalue weighted by atomic mass is 9.35. The molecule has 2 aliphatic heterocycles. The number of carboxylic acids is 2. The quantitative estimate of drug-likeness (QED) is 0.0118. The molecule has 28 nitrogen and oxygen atoms in total. The van der Waals surface area contributed by atoms with E-state index in [2.05, 4.69) is 41.4 Å². The first kappa shape index (κ1) is 77.3. The van der Waals surface area contributed by atoms with E-state index in [1.54, 1.807) is 36.6 Å². The Morgan fingerprint density at radius 3 is 2.29 bits per heavy atom. The van der Waals surface area contributed by atoms with Gasteiger partial charge < -0.3 is 55.3 Å². The molecule has 5 fully saturated rings. The summed E-state index contributed by atoms with van der Waals surface area (Å²) in [7, 11) is -4.52. The predicted octanol–water partition coefficient (Wildman–Crippen LogP) is 8.97. The Bertz CT molecular complexity index is 4520. The average Bonchev–Trinajstić information content (AvgIpc) is 0.764. The van der Waals surface area contributed by atoms with Crippen LogP contribution in [0.1, 0.15) is 131 Å². The zero-order valence-electron chi connectivity index (χ0n) is 59.0. The number of carboxylic acid groups (broad SMARTS) is 2. The summed E-state index contributed by atoms with van der Waals surface area (Å²) in [5.41, 5.74) is 3.82. The fraction of sp³-hybridized carbons (Fsp3) is 0.434. The van der Waals surface area contributed by atoms with Crippen molar-refractivity contribution in [2.75, 3.05) is 49.2 Å². The Hall–Kier alpha value is -9.82. The van der Waals surface area contributed by atoms with Crippen LogP contribution in [-0.4, -0.2) is 185 Å². The van der Waals surface area contributed by atoms with Crippen LogP contribution in [0.2, 0.25) is 0 Å². The Labute approximate surface area is 616 Å². The van der Waals surface area contributed by atoms with Crippen LogP contribution in [0, 0.1) is 28.6 Å². The number of amides is 6. The number of rotatable bonds is 30. The van der Waals surface area contributed by atoms with Crippen molar-refractivity contribution in [2.45, 2.75) is 148 Å². The van der Waals surface area contributed by atoms with Crippen LogP contribution in [0.4, 0.5) is 15.6 Å². The zero-order valence-corrected chi connectivity index (χ0v) is 60.6. The number of hydrogen-bond donors (Lipinski definition) is 9. The number of carbonyl (C=O) groups excluding carboxylic acids is 6. The molecule has 5 aromatic rings. The minimum atomic E-state index is -4.52. The molecule has 2 unspecified atom stereocenters. The highest BCUT2D eigenvalue weighted by atomic mass is 32.2.